The van der Waals surface area contributed by atoms with E-state index in [0.717, 1.165) is 10.0 Å². The number of pyridine rings is 1. The van der Waals surface area contributed by atoms with Crippen molar-refractivity contribution < 1.29 is 9.53 Å². The second-order valence-corrected chi connectivity index (χ2v) is 4.85. The molecule has 0 aliphatic carbocycles. The quantitative estimate of drug-likeness (QED) is 0.867. The van der Waals surface area contributed by atoms with Gasteiger partial charge in [-0.15, -0.1) is 0 Å². The van der Waals surface area contributed by atoms with Crippen molar-refractivity contribution >= 4 is 27.8 Å². The zero-order chi connectivity index (χ0) is 13.7. The monoisotopic (exact) mass is 320 g/mol. The molecule has 4 nitrogen and oxygen atoms in total. The number of carbonyl (C=O) groups excluding carboxylic acids is 1. The number of aromatic nitrogens is 1. The maximum absolute atomic E-state index is 11.9. The molecule has 1 aromatic carbocycles. The van der Waals surface area contributed by atoms with Gasteiger partial charge in [0, 0.05) is 17.7 Å². The molecule has 19 heavy (non-hydrogen) atoms. The van der Waals surface area contributed by atoms with Gasteiger partial charge in [0.1, 0.15) is 12.4 Å². The number of benzene rings is 1. The lowest BCUT2D eigenvalue weighted by Crippen LogP contribution is -2.27. The van der Waals surface area contributed by atoms with E-state index in [1.807, 2.05) is 30.3 Å². The maximum atomic E-state index is 11.9. The predicted molar refractivity (Wildman–Crippen MR) is 77.0 cm³/mol. The molecule has 1 aromatic heterocycles. The van der Waals surface area contributed by atoms with Crippen LogP contribution in [0.4, 0.5) is 10.6 Å². The molecule has 0 saturated carbocycles. The Kier molecular flexibility index (Phi) is 4.52. The Morgan fingerprint density at radius 1 is 1.32 bits per heavy atom. The van der Waals surface area contributed by atoms with Crippen LogP contribution in [0.2, 0.25) is 0 Å². The molecule has 1 amide bonds. The summed E-state index contributed by atoms with van der Waals surface area (Å²) in [6, 6.07) is 13.1. The molecule has 0 saturated heterocycles. The van der Waals surface area contributed by atoms with Crippen LogP contribution in [0.15, 0.2) is 53.1 Å². The van der Waals surface area contributed by atoms with Gasteiger partial charge in [0.05, 0.1) is 0 Å². The molecule has 0 fully saturated rings. The third-order valence-corrected chi connectivity index (χ3v) is 3.02. The third kappa shape index (κ3) is 3.79. The van der Waals surface area contributed by atoms with Crippen molar-refractivity contribution in [3.05, 3.63) is 58.7 Å². The van der Waals surface area contributed by atoms with Gasteiger partial charge in [0.15, 0.2) is 0 Å². The molecule has 2 aromatic rings. The Bertz CT molecular complexity index is 560. The number of halogens is 1. The lowest BCUT2D eigenvalue weighted by atomic mass is 10.2. The van der Waals surface area contributed by atoms with Crippen LogP contribution in [-0.2, 0) is 11.3 Å². The number of amides is 1. The van der Waals surface area contributed by atoms with E-state index in [1.165, 1.54) is 4.90 Å². The smallest absolute Gasteiger partial charge is 0.415 e. The van der Waals surface area contributed by atoms with Crippen LogP contribution in [-0.4, -0.2) is 18.1 Å². The molecule has 0 aliphatic rings. The number of carbonyl (C=O) groups is 1. The van der Waals surface area contributed by atoms with E-state index >= 15 is 0 Å². The molecule has 0 bridgehead atoms. The summed E-state index contributed by atoms with van der Waals surface area (Å²) in [5, 5.41) is 0. The van der Waals surface area contributed by atoms with E-state index in [2.05, 4.69) is 20.9 Å². The number of ether oxygens (including phenoxy) is 1. The normalized spacial score (nSPS) is 10.0. The first-order chi connectivity index (χ1) is 9.16. The highest BCUT2D eigenvalue weighted by molar-refractivity contribution is 9.10. The topological polar surface area (TPSA) is 42.4 Å². The standard InChI is InChI=1S/C14H13BrN2O2/c1-17(13-9-12(15)7-8-16-13)14(18)19-10-11-5-3-2-4-6-11/h2-9H,10H2,1H3. The largest absolute Gasteiger partial charge is 0.444 e. The zero-order valence-electron chi connectivity index (χ0n) is 10.4. The lowest BCUT2D eigenvalue weighted by Gasteiger charge is -2.16. The Morgan fingerprint density at radius 3 is 2.74 bits per heavy atom. The summed E-state index contributed by atoms with van der Waals surface area (Å²) in [6.07, 6.45) is 1.19. The van der Waals surface area contributed by atoms with Crippen LogP contribution >= 0.6 is 15.9 Å². The van der Waals surface area contributed by atoms with Gasteiger partial charge in [-0.05, 0) is 17.7 Å². The average Bonchev–Trinajstić information content (AvgIpc) is 2.45. The SMILES string of the molecule is CN(C(=O)OCc1ccccc1)c1cc(Br)ccn1. The van der Waals surface area contributed by atoms with E-state index in [-0.39, 0.29) is 6.61 Å². The number of hydrogen-bond donors (Lipinski definition) is 0. The van der Waals surface area contributed by atoms with Crippen molar-refractivity contribution in [2.24, 2.45) is 0 Å². The highest BCUT2D eigenvalue weighted by Crippen LogP contribution is 2.16. The molecule has 0 atom stereocenters. The van der Waals surface area contributed by atoms with Crippen molar-refractivity contribution in [3.63, 3.8) is 0 Å². The first kappa shape index (κ1) is 13.5. The zero-order valence-corrected chi connectivity index (χ0v) is 12.0. The van der Waals surface area contributed by atoms with Crippen LogP contribution < -0.4 is 4.90 Å². The van der Waals surface area contributed by atoms with Gasteiger partial charge in [0.2, 0.25) is 0 Å². The van der Waals surface area contributed by atoms with Crippen molar-refractivity contribution in [2.45, 2.75) is 6.61 Å². The molecule has 98 valence electrons. The minimum absolute atomic E-state index is 0.248. The van der Waals surface area contributed by atoms with E-state index < -0.39 is 6.09 Å². The van der Waals surface area contributed by atoms with Crippen molar-refractivity contribution in [1.82, 2.24) is 4.98 Å². The molecule has 2 rings (SSSR count). The van der Waals surface area contributed by atoms with Gasteiger partial charge in [0.25, 0.3) is 0 Å². The molecule has 0 spiro atoms. The van der Waals surface area contributed by atoms with Crippen LogP contribution in [0, 0.1) is 0 Å². The van der Waals surface area contributed by atoms with Crippen molar-refractivity contribution in [3.8, 4) is 0 Å². The number of anilines is 1. The number of rotatable bonds is 3. The fourth-order valence-corrected chi connectivity index (χ4v) is 1.81. The number of hydrogen-bond acceptors (Lipinski definition) is 3. The Hall–Kier alpha value is -1.88. The summed E-state index contributed by atoms with van der Waals surface area (Å²) >= 11 is 3.34. The molecule has 0 unspecified atom stereocenters. The fraction of sp³-hybridized carbons (Fsp3) is 0.143. The van der Waals surface area contributed by atoms with Gasteiger partial charge in [-0.25, -0.2) is 9.78 Å². The molecular weight excluding hydrogens is 308 g/mol. The second kappa shape index (κ2) is 6.33. The van der Waals surface area contributed by atoms with Crippen LogP contribution in [0.25, 0.3) is 0 Å². The molecule has 0 N–H and O–H groups in total. The summed E-state index contributed by atoms with van der Waals surface area (Å²) in [4.78, 5) is 17.4. The van der Waals surface area contributed by atoms with Gasteiger partial charge in [-0.1, -0.05) is 46.3 Å². The highest BCUT2D eigenvalue weighted by Gasteiger charge is 2.13. The lowest BCUT2D eigenvalue weighted by molar-refractivity contribution is 0.148. The van der Waals surface area contributed by atoms with E-state index in [1.54, 1.807) is 25.4 Å². The summed E-state index contributed by atoms with van der Waals surface area (Å²) < 4.78 is 6.08. The van der Waals surface area contributed by atoms with Gasteiger partial charge < -0.3 is 4.74 Å². The average molecular weight is 321 g/mol. The van der Waals surface area contributed by atoms with E-state index in [0.29, 0.717) is 5.82 Å². The Labute approximate surface area is 120 Å². The molecule has 0 radical (unpaired) electrons. The molecule has 5 heteroatoms. The van der Waals surface area contributed by atoms with Crippen LogP contribution in [0.5, 0.6) is 0 Å². The summed E-state index contributed by atoms with van der Waals surface area (Å²) in [7, 11) is 1.63. The van der Waals surface area contributed by atoms with Crippen molar-refractivity contribution in [2.75, 3.05) is 11.9 Å². The minimum Gasteiger partial charge on any atom is -0.444 e. The summed E-state index contributed by atoms with van der Waals surface area (Å²) in [5.74, 6) is 0.535. The summed E-state index contributed by atoms with van der Waals surface area (Å²) in [6.45, 7) is 0.248. The first-order valence-corrected chi connectivity index (χ1v) is 6.52. The van der Waals surface area contributed by atoms with Gasteiger partial charge in [-0.2, -0.15) is 0 Å². The molecule has 0 aliphatic heterocycles. The summed E-state index contributed by atoms with van der Waals surface area (Å²) in [5.41, 5.74) is 0.950. The number of nitrogens with zero attached hydrogens (tertiary/aromatic N) is 2. The minimum atomic E-state index is -0.436. The Balaban J connectivity index is 1.96. The molecule has 1 heterocycles. The molecular formula is C14H13BrN2O2. The van der Waals surface area contributed by atoms with Gasteiger partial charge >= 0.3 is 6.09 Å². The highest BCUT2D eigenvalue weighted by atomic mass is 79.9. The van der Waals surface area contributed by atoms with E-state index in [9.17, 15) is 4.79 Å². The Morgan fingerprint density at radius 2 is 2.05 bits per heavy atom. The first-order valence-electron chi connectivity index (χ1n) is 5.73. The predicted octanol–water partition coefficient (Wildman–Crippen LogP) is 3.62. The van der Waals surface area contributed by atoms with E-state index in [4.69, 9.17) is 4.74 Å². The van der Waals surface area contributed by atoms with Crippen LogP contribution in [0.1, 0.15) is 5.56 Å². The second-order valence-electron chi connectivity index (χ2n) is 3.93. The van der Waals surface area contributed by atoms with Crippen molar-refractivity contribution in [1.29, 1.82) is 0 Å². The third-order valence-electron chi connectivity index (χ3n) is 2.53. The van der Waals surface area contributed by atoms with Crippen LogP contribution in [0.3, 0.4) is 0 Å². The maximum Gasteiger partial charge on any atom is 0.415 e. The van der Waals surface area contributed by atoms with Gasteiger partial charge in [-0.3, -0.25) is 4.90 Å². The fourth-order valence-electron chi connectivity index (χ4n) is 1.49.